The van der Waals surface area contributed by atoms with Gasteiger partial charge in [-0.25, -0.2) is 9.07 Å². The molecular weight excluding hydrogens is 503 g/mol. The third kappa shape index (κ3) is 4.85. The van der Waals surface area contributed by atoms with Crippen LogP contribution in [0.2, 0.25) is 5.02 Å². The maximum absolute atomic E-state index is 15.1. The number of nitrogens with one attached hydrogen (secondary N) is 2. The Morgan fingerprint density at radius 3 is 2.63 bits per heavy atom. The topological polar surface area (TPSA) is 115 Å². The summed E-state index contributed by atoms with van der Waals surface area (Å²) in [5, 5.41) is 35.6. The number of pyridine rings is 1. The number of hydrogen-bond acceptors (Lipinski definition) is 7. The molecule has 0 radical (unpaired) electrons. The van der Waals surface area contributed by atoms with Crippen molar-refractivity contribution >= 4 is 33.9 Å². The molecule has 2 heterocycles. The Balaban J connectivity index is 1.63. The maximum atomic E-state index is 15.1. The van der Waals surface area contributed by atoms with Crippen molar-refractivity contribution < 1.29 is 4.39 Å². The first-order valence-corrected chi connectivity index (χ1v) is 12.6. The molecule has 1 aliphatic rings. The number of halogens is 2. The first-order valence-electron chi connectivity index (χ1n) is 12.3. The summed E-state index contributed by atoms with van der Waals surface area (Å²) in [5.41, 5.74) is 2.24. The second-order valence-electron chi connectivity index (χ2n) is 10.8. The fourth-order valence-corrected chi connectivity index (χ4v) is 4.56. The Labute approximate surface area is 225 Å². The lowest BCUT2D eigenvalue weighted by atomic mass is 9.96. The molecule has 1 atom stereocenters. The molecule has 1 aliphatic carbocycles. The van der Waals surface area contributed by atoms with Gasteiger partial charge in [-0.05, 0) is 42.0 Å². The number of benzene rings is 2. The standard InChI is InChI=1S/C28H26ClFN8/c1-27(2,3)16-34-24-17(12-31)13-33-25-20(24)10-18(30)11-22(25)35-26(19-6-4-5-7-21(19)29)23-14-38(37-36-23)28(15-32)8-9-28/h4-7,10-11,13-14,26,35H,8-9,16H2,1-3H3,(H,33,34)/t26-/m0/s1. The molecule has 2 aromatic carbocycles. The van der Waals surface area contributed by atoms with Gasteiger partial charge < -0.3 is 10.6 Å². The van der Waals surface area contributed by atoms with Gasteiger partial charge in [-0.15, -0.1) is 5.10 Å². The van der Waals surface area contributed by atoms with E-state index in [1.54, 1.807) is 16.9 Å². The summed E-state index contributed by atoms with van der Waals surface area (Å²) in [7, 11) is 0. The van der Waals surface area contributed by atoms with Crippen LogP contribution in [0.1, 0.15) is 56.5 Å². The minimum absolute atomic E-state index is 0.0694. The molecule has 0 bridgehead atoms. The number of fused-ring (bicyclic) bond motifs is 1. The number of rotatable bonds is 7. The predicted molar refractivity (Wildman–Crippen MR) is 144 cm³/mol. The second-order valence-corrected chi connectivity index (χ2v) is 11.2. The number of nitrogens with zero attached hydrogens (tertiary/aromatic N) is 6. The smallest absolute Gasteiger partial charge is 0.150 e. The van der Waals surface area contributed by atoms with E-state index in [9.17, 15) is 10.5 Å². The Kier molecular flexibility index (Phi) is 6.42. The summed E-state index contributed by atoms with van der Waals surface area (Å²) < 4.78 is 16.7. The Morgan fingerprint density at radius 2 is 1.97 bits per heavy atom. The molecule has 0 unspecified atom stereocenters. The van der Waals surface area contributed by atoms with E-state index < -0.39 is 17.4 Å². The highest BCUT2D eigenvalue weighted by Gasteiger charge is 2.47. The third-order valence-electron chi connectivity index (χ3n) is 6.55. The van der Waals surface area contributed by atoms with E-state index in [-0.39, 0.29) is 5.41 Å². The minimum Gasteiger partial charge on any atom is -0.383 e. The quantitative estimate of drug-likeness (QED) is 0.295. The number of anilines is 2. The van der Waals surface area contributed by atoms with Gasteiger partial charge in [0.05, 0.1) is 40.8 Å². The molecule has 4 aromatic rings. The molecule has 0 aliphatic heterocycles. The number of hydrogen-bond donors (Lipinski definition) is 2. The van der Waals surface area contributed by atoms with Crippen LogP contribution < -0.4 is 10.6 Å². The molecule has 38 heavy (non-hydrogen) atoms. The van der Waals surface area contributed by atoms with E-state index in [4.69, 9.17) is 11.6 Å². The number of aromatic nitrogens is 4. The van der Waals surface area contributed by atoms with Crippen LogP contribution in [0.4, 0.5) is 15.8 Å². The highest BCUT2D eigenvalue weighted by Crippen LogP contribution is 2.43. The van der Waals surface area contributed by atoms with Gasteiger partial charge >= 0.3 is 0 Å². The van der Waals surface area contributed by atoms with E-state index in [0.29, 0.717) is 63.5 Å². The maximum Gasteiger partial charge on any atom is 0.150 e. The average molecular weight is 529 g/mol. The SMILES string of the molecule is CC(C)(C)CNc1c(C#N)cnc2c(N[C@H](c3cn(C4(C#N)CC4)nn3)c3ccccc3Cl)cc(F)cc12. The zero-order valence-corrected chi connectivity index (χ0v) is 22.0. The molecule has 1 fully saturated rings. The van der Waals surface area contributed by atoms with E-state index in [2.05, 4.69) is 58.8 Å². The highest BCUT2D eigenvalue weighted by molar-refractivity contribution is 6.31. The van der Waals surface area contributed by atoms with Crippen molar-refractivity contribution in [3.05, 3.63) is 76.5 Å². The molecule has 192 valence electrons. The van der Waals surface area contributed by atoms with E-state index in [1.807, 2.05) is 18.2 Å². The molecule has 10 heteroatoms. The Hall–Kier alpha value is -4.21. The minimum atomic E-state index is -0.676. The van der Waals surface area contributed by atoms with Crippen LogP contribution in [0.3, 0.4) is 0 Å². The molecule has 0 amide bonds. The summed E-state index contributed by atoms with van der Waals surface area (Å²) in [6.45, 7) is 6.79. The first-order chi connectivity index (χ1) is 18.1. The van der Waals surface area contributed by atoms with Gasteiger partial charge in [0.1, 0.15) is 17.6 Å². The fourth-order valence-electron chi connectivity index (χ4n) is 4.31. The van der Waals surface area contributed by atoms with Gasteiger partial charge in [-0.2, -0.15) is 10.5 Å². The Bertz CT molecular complexity index is 1600. The van der Waals surface area contributed by atoms with Crippen LogP contribution >= 0.6 is 11.6 Å². The van der Waals surface area contributed by atoms with Crippen molar-refractivity contribution in [2.45, 2.75) is 45.2 Å². The molecule has 2 aromatic heterocycles. The van der Waals surface area contributed by atoms with Crippen LogP contribution in [0.15, 0.2) is 48.8 Å². The van der Waals surface area contributed by atoms with Crippen LogP contribution in [-0.4, -0.2) is 26.5 Å². The van der Waals surface area contributed by atoms with Gasteiger partial charge in [0, 0.05) is 23.2 Å². The summed E-state index contributed by atoms with van der Waals surface area (Å²) in [6, 6.07) is 13.9. The Morgan fingerprint density at radius 1 is 1.21 bits per heavy atom. The molecule has 8 nitrogen and oxygen atoms in total. The molecular formula is C28H26ClFN8. The van der Waals surface area contributed by atoms with E-state index >= 15 is 4.39 Å². The highest BCUT2D eigenvalue weighted by atomic mass is 35.5. The van der Waals surface area contributed by atoms with E-state index in [1.165, 1.54) is 18.3 Å². The van der Waals surface area contributed by atoms with Crippen molar-refractivity contribution in [3.63, 3.8) is 0 Å². The lowest BCUT2D eigenvalue weighted by Gasteiger charge is -2.23. The predicted octanol–water partition coefficient (Wildman–Crippen LogP) is 6.16. The lowest BCUT2D eigenvalue weighted by Crippen LogP contribution is -2.20. The van der Waals surface area contributed by atoms with Crippen molar-refractivity contribution in [2.75, 3.05) is 17.2 Å². The van der Waals surface area contributed by atoms with Gasteiger partial charge in [0.25, 0.3) is 0 Å². The van der Waals surface area contributed by atoms with Crippen LogP contribution in [0.25, 0.3) is 10.9 Å². The zero-order chi connectivity index (χ0) is 27.1. The molecule has 5 rings (SSSR count). The third-order valence-corrected chi connectivity index (χ3v) is 6.89. The van der Waals surface area contributed by atoms with E-state index in [0.717, 1.165) is 0 Å². The summed E-state index contributed by atoms with van der Waals surface area (Å²) >= 11 is 6.59. The lowest BCUT2D eigenvalue weighted by molar-refractivity contribution is 0.443. The van der Waals surface area contributed by atoms with Crippen LogP contribution in [0, 0.1) is 33.9 Å². The summed E-state index contributed by atoms with van der Waals surface area (Å²) in [5.74, 6) is -0.487. The zero-order valence-electron chi connectivity index (χ0n) is 21.3. The first kappa shape index (κ1) is 25.4. The van der Waals surface area contributed by atoms with Crippen molar-refractivity contribution in [1.29, 1.82) is 10.5 Å². The molecule has 0 saturated heterocycles. The van der Waals surface area contributed by atoms with Crippen molar-refractivity contribution in [2.24, 2.45) is 5.41 Å². The fraction of sp³-hybridized carbons (Fsp3) is 0.321. The molecule has 2 N–H and O–H groups in total. The van der Waals surface area contributed by atoms with Crippen LogP contribution in [-0.2, 0) is 5.54 Å². The van der Waals surface area contributed by atoms with Crippen molar-refractivity contribution in [1.82, 2.24) is 20.0 Å². The molecule has 0 spiro atoms. The second kappa shape index (κ2) is 9.59. The summed E-state index contributed by atoms with van der Waals surface area (Å²) in [4.78, 5) is 4.52. The molecule has 1 saturated carbocycles. The number of nitriles is 2. The van der Waals surface area contributed by atoms with Gasteiger partial charge in [0.2, 0.25) is 0 Å². The monoisotopic (exact) mass is 528 g/mol. The van der Waals surface area contributed by atoms with Gasteiger partial charge in [-0.3, -0.25) is 4.98 Å². The van der Waals surface area contributed by atoms with Crippen LogP contribution in [0.5, 0.6) is 0 Å². The average Bonchev–Trinajstić information content (AvgIpc) is 3.53. The normalized spacial score (nSPS) is 14.9. The van der Waals surface area contributed by atoms with Crippen molar-refractivity contribution in [3.8, 4) is 12.1 Å². The largest absolute Gasteiger partial charge is 0.383 e. The van der Waals surface area contributed by atoms with Gasteiger partial charge in [0.15, 0.2) is 5.54 Å². The summed E-state index contributed by atoms with van der Waals surface area (Å²) in [6.07, 6.45) is 4.64. The van der Waals surface area contributed by atoms with Gasteiger partial charge in [-0.1, -0.05) is 55.8 Å².